The summed E-state index contributed by atoms with van der Waals surface area (Å²) in [5, 5.41) is 0.811. The summed E-state index contributed by atoms with van der Waals surface area (Å²) in [6.07, 6.45) is 0. The third kappa shape index (κ3) is 1.80. The molecule has 1 heterocycles. The maximum atomic E-state index is 11.5. The predicted octanol–water partition coefficient (Wildman–Crippen LogP) is 0.294. The van der Waals surface area contributed by atoms with Crippen molar-refractivity contribution in [3.63, 3.8) is 0 Å². The average Bonchev–Trinajstić information content (AvgIpc) is 2.59. The van der Waals surface area contributed by atoms with Gasteiger partial charge in [-0.15, -0.1) is 0 Å². The van der Waals surface area contributed by atoms with Crippen LogP contribution in [0.4, 0.5) is 0 Å². The van der Waals surface area contributed by atoms with E-state index in [1.165, 1.54) is 0 Å². The van der Waals surface area contributed by atoms with Crippen molar-refractivity contribution in [2.45, 2.75) is 6.92 Å². The Bertz CT molecular complexity index is 493. The lowest BCUT2D eigenvalue weighted by Crippen LogP contribution is -2.37. The van der Waals surface area contributed by atoms with E-state index < -0.39 is 21.2 Å². The van der Waals surface area contributed by atoms with Crippen LogP contribution in [-0.2, 0) is 13.6 Å². The molecule has 17 heavy (non-hydrogen) atoms. The molecule has 0 saturated carbocycles. The number of ether oxygens (including phenoxy) is 1. The molecule has 1 aliphatic heterocycles. The number of carbonyl (C=O) groups excluding carboxylic acids is 2. The van der Waals surface area contributed by atoms with Crippen LogP contribution in [0.25, 0.3) is 0 Å². The largest absolute Gasteiger partial charge is 0.423 e. The fraction of sp³-hybridized carbons (Fsp3) is 0.273. The molecule has 1 aromatic carbocycles. The molecule has 0 spiro atoms. The van der Waals surface area contributed by atoms with Crippen molar-refractivity contribution in [1.29, 1.82) is 0 Å². The maximum absolute atomic E-state index is 11.5. The van der Waals surface area contributed by atoms with Gasteiger partial charge in [-0.05, 0) is 23.7 Å². The van der Waals surface area contributed by atoms with E-state index in [0.29, 0.717) is 16.7 Å². The topological polar surface area (TPSA) is 61.8 Å². The van der Waals surface area contributed by atoms with E-state index in [-0.39, 0.29) is 0 Å². The molecule has 6 heteroatoms. The second kappa shape index (κ2) is 4.40. The second-order valence-electron chi connectivity index (χ2n) is 3.53. The van der Waals surface area contributed by atoms with Crippen LogP contribution in [0.2, 0.25) is 0 Å². The van der Waals surface area contributed by atoms with E-state index in [9.17, 15) is 9.59 Å². The van der Waals surface area contributed by atoms with Gasteiger partial charge in [0.05, 0.1) is 11.1 Å². The number of cyclic esters (lactones) is 2. The molecule has 2 rings (SSSR count). The molecule has 0 aliphatic carbocycles. The minimum atomic E-state index is -1.61. The molecule has 0 N–H and O–H groups in total. The third-order valence-electron chi connectivity index (χ3n) is 2.67. The Morgan fingerprint density at radius 1 is 1.12 bits per heavy atom. The normalized spacial score (nSPS) is 14.1. The predicted molar refractivity (Wildman–Crippen MR) is 60.3 cm³/mol. The molecule has 1 aliphatic rings. The van der Waals surface area contributed by atoms with Crippen LogP contribution in [0.1, 0.15) is 26.3 Å². The molecule has 0 bridgehead atoms. The summed E-state index contributed by atoms with van der Waals surface area (Å²) >= 11 is 0. The molecule has 89 valence electrons. The highest BCUT2D eigenvalue weighted by atomic mass is 28.3. The van der Waals surface area contributed by atoms with Gasteiger partial charge in [0.2, 0.25) is 0 Å². The SMILES string of the molecule is CO[Si](OC)c1ccc2c(c1C)C(=O)OC2=O. The first-order valence-electron chi connectivity index (χ1n) is 4.95. The summed E-state index contributed by atoms with van der Waals surface area (Å²) in [5.74, 6) is -1.19. The zero-order chi connectivity index (χ0) is 12.6. The van der Waals surface area contributed by atoms with Crippen molar-refractivity contribution in [3.05, 3.63) is 28.8 Å². The quantitative estimate of drug-likeness (QED) is 0.439. The lowest BCUT2D eigenvalue weighted by Gasteiger charge is -2.13. The minimum Gasteiger partial charge on any atom is -0.393 e. The molecule has 1 aromatic rings. The molecule has 0 atom stereocenters. The molecule has 1 radical (unpaired) electrons. The van der Waals surface area contributed by atoms with Gasteiger partial charge in [0, 0.05) is 14.2 Å². The summed E-state index contributed by atoms with van der Waals surface area (Å²) in [4.78, 5) is 22.9. The van der Waals surface area contributed by atoms with E-state index >= 15 is 0 Å². The highest BCUT2D eigenvalue weighted by molar-refractivity contribution is 6.62. The first kappa shape index (κ1) is 12.0. The smallest absolute Gasteiger partial charge is 0.393 e. The fourth-order valence-corrected chi connectivity index (χ4v) is 3.12. The first-order chi connectivity index (χ1) is 8.10. The Labute approximate surface area is 100 Å². The Balaban J connectivity index is 2.57. The van der Waals surface area contributed by atoms with E-state index in [1.807, 2.05) is 0 Å². The van der Waals surface area contributed by atoms with Gasteiger partial charge in [-0.2, -0.15) is 0 Å². The number of hydrogen-bond acceptors (Lipinski definition) is 5. The van der Waals surface area contributed by atoms with Crippen LogP contribution >= 0.6 is 0 Å². The van der Waals surface area contributed by atoms with E-state index in [4.69, 9.17) is 8.85 Å². The molecule has 0 aromatic heterocycles. The average molecular weight is 251 g/mol. The molecule has 0 saturated heterocycles. The zero-order valence-corrected chi connectivity index (χ0v) is 10.7. The van der Waals surface area contributed by atoms with Crippen molar-refractivity contribution < 1.29 is 23.2 Å². The van der Waals surface area contributed by atoms with Gasteiger partial charge in [-0.1, -0.05) is 6.07 Å². The van der Waals surface area contributed by atoms with Crippen molar-refractivity contribution in [3.8, 4) is 0 Å². The van der Waals surface area contributed by atoms with E-state index in [2.05, 4.69) is 4.74 Å². The number of carbonyl (C=O) groups is 2. The summed E-state index contributed by atoms with van der Waals surface area (Å²) in [5.41, 5.74) is 1.32. The molecular formula is C11H11O5Si. The van der Waals surface area contributed by atoms with Crippen LogP contribution in [-0.4, -0.2) is 35.4 Å². The summed E-state index contributed by atoms with van der Waals surface area (Å²) in [6.45, 7) is 1.76. The van der Waals surface area contributed by atoms with E-state index in [0.717, 1.165) is 5.19 Å². The minimum absolute atomic E-state index is 0.310. The lowest BCUT2D eigenvalue weighted by atomic mass is 10.0. The van der Waals surface area contributed by atoms with Crippen LogP contribution < -0.4 is 5.19 Å². The molecule has 0 fully saturated rings. The second-order valence-corrected chi connectivity index (χ2v) is 5.46. The number of rotatable bonds is 3. The summed E-state index contributed by atoms with van der Waals surface area (Å²) in [7, 11) is 1.49. The van der Waals surface area contributed by atoms with Crippen molar-refractivity contribution in [2.75, 3.05) is 14.2 Å². The van der Waals surface area contributed by atoms with E-state index in [1.54, 1.807) is 33.3 Å². The van der Waals surface area contributed by atoms with Gasteiger partial charge in [0.1, 0.15) is 0 Å². The molecular weight excluding hydrogens is 240 g/mol. The van der Waals surface area contributed by atoms with Gasteiger partial charge in [0.25, 0.3) is 0 Å². The summed E-state index contributed by atoms with van der Waals surface area (Å²) < 4.78 is 15.0. The number of benzene rings is 1. The van der Waals surface area contributed by atoms with Crippen molar-refractivity contribution in [2.24, 2.45) is 0 Å². The highest BCUT2D eigenvalue weighted by Crippen LogP contribution is 2.22. The Morgan fingerprint density at radius 3 is 2.35 bits per heavy atom. The lowest BCUT2D eigenvalue weighted by molar-refractivity contribution is 0.0443. The van der Waals surface area contributed by atoms with Gasteiger partial charge in [0.15, 0.2) is 0 Å². The Hall–Kier alpha value is -1.50. The van der Waals surface area contributed by atoms with Gasteiger partial charge in [-0.3, -0.25) is 0 Å². The first-order valence-corrected chi connectivity index (χ1v) is 6.27. The fourth-order valence-electron chi connectivity index (χ4n) is 1.86. The number of esters is 2. The molecule has 0 unspecified atom stereocenters. The van der Waals surface area contributed by atoms with Gasteiger partial charge < -0.3 is 13.6 Å². The standard InChI is InChI=1S/C11H11O5Si/c1-6-8(17(14-2)15-3)5-4-7-9(6)11(13)16-10(7)12/h4-5H,1-3H3. The summed E-state index contributed by atoms with van der Waals surface area (Å²) in [6, 6.07) is 3.32. The van der Waals surface area contributed by atoms with Crippen molar-refractivity contribution >= 4 is 26.4 Å². The molecule has 0 amide bonds. The number of fused-ring (bicyclic) bond motifs is 1. The Kier molecular flexibility index (Phi) is 3.10. The van der Waals surface area contributed by atoms with Gasteiger partial charge in [-0.25, -0.2) is 9.59 Å². The van der Waals surface area contributed by atoms with Crippen molar-refractivity contribution in [1.82, 2.24) is 0 Å². The highest BCUT2D eigenvalue weighted by Gasteiger charge is 2.34. The number of hydrogen-bond donors (Lipinski definition) is 0. The zero-order valence-electron chi connectivity index (χ0n) is 9.70. The Morgan fingerprint density at radius 2 is 1.76 bits per heavy atom. The monoisotopic (exact) mass is 251 g/mol. The molecule has 5 nitrogen and oxygen atoms in total. The van der Waals surface area contributed by atoms with Crippen LogP contribution in [0.5, 0.6) is 0 Å². The van der Waals surface area contributed by atoms with Crippen LogP contribution in [0, 0.1) is 6.92 Å². The maximum Gasteiger partial charge on any atom is 0.423 e. The third-order valence-corrected chi connectivity index (χ3v) is 4.39. The van der Waals surface area contributed by atoms with Crippen LogP contribution in [0.15, 0.2) is 12.1 Å². The van der Waals surface area contributed by atoms with Gasteiger partial charge >= 0.3 is 21.2 Å². The van der Waals surface area contributed by atoms with Crippen LogP contribution in [0.3, 0.4) is 0 Å².